The van der Waals surface area contributed by atoms with Crippen LogP contribution in [0.25, 0.3) is 0 Å². The van der Waals surface area contributed by atoms with Crippen molar-refractivity contribution in [2.75, 3.05) is 32.7 Å². The molecule has 0 saturated carbocycles. The first kappa shape index (κ1) is 13.5. The zero-order valence-electron chi connectivity index (χ0n) is 10.2. The van der Waals surface area contributed by atoms with Gasteiger partial charge in [-0.25, -0.2) is 0 Å². The van der Waals surface area contributed by atoms with Gasteiger partial charge in [-0.2, -0.15) is 0 Å². The van der Waals surface area contributed by atoms with Crippen LogP contribution in [0, 0.1) is 5.92 Å². The van der Waals surface area contributed by atoms with Crippen molar-refractivity contribution in [1.82, 2.24) is 10.2 Å². The lowest BCUT2D eigenvalue weighted by atomic mass is 9.99. The Bertz CT molecular complexity index is 203. The Morgan fingerprint density at radius 2 is 2.31 bits per heavy atom. The molecule has 2 N–H and O–H groups in total. The molecule has 4 heteroatoms. The van der Waals surface area contributed by atoms with Gasteiger partial charge in [-0.1, -0.05) is 6.92 Å². The first-order valence-corrected chi connectivity index (χ1v) is 6.37. The molecule has 1 unspecified atom stereocenters. The second kappa shape index (κ2) is 7.63. The summed E-state index contributed by atoms with van der Waals surface area (Å²) in [5.74, 6) is 0.0111. The lowest BCUT2D eigenvalue weighted by molar-refractivity contribution is -0.137. The number of rotatable bonds is 7. The summed E-state index contributed by atoms with van der Waals surface area (Å²) in [5.41, 5.74) is 0. The summed E-state index contributed by atoms with van der Waals surface area (Å²) in [4.78, 5) is 12.9. The third-order valence-corrected chi connectivity index (χ3v) is 3.10. The van der Waals surface area contributed by atoms with Gasteiger partial charge in [0.15, 0.2) is 0 Å². The van der Waals surface area contributed by atoms with Crippen molar-refractivity contribution in [3.63, 3.8) is 0 Å². The van der Waals surface area contributed by atoms with E-state index in [1.807, 2.05) is 0 Å². The quantitative estimate of drug-likeness (QED) is 0.687. The van der Waals surface area contributed by atoms with E-state index in [0.717, 1.165) is 32.6 Å². The normalized spacial score (nSPS) is 21.2. The highest BCUT2D eigenvalue weighted by Gasteiger charge is 2.16. The van der Waals surface area contributed by atoms with Gasteiger partial charge >= 0.3 is 5.97 Å². The Morgan fingerprint density at radius 1 is 1.50 bits per heavy atom. The lowest BCUT2D eigenvalue weighted by Crippen LogP contribution is -2.39. The van der Waals surface area contributed by atoms with Gasteiger partial charge in [-0.05, 0) is 44.8 Å². The van der Waals surface area contributed by atoms with E-state index in [0.29, 0.717) is 12.5 Å². The fourth-order valence-corrected chi connectivity index (χ4v) is 2.31. The summed E-state index contributed by atoms with van der Waals surface area (Å²) in [5, 5.41) is 12.1. The number of nitrogens with one attached hydrogen (secondary N) is 1. The number of carboxylic acids is 1. The van der Waals surface area contributed by atoms with Crippen LogP contribution >= 0.6 is 0 Å². The van der Waals surface area contributed by atoms with Gasteiger partial charge in [0.25, 0.3) is 0 Å². The molecule has 16 heavy (non-hydrogen) atoms. The van der Waals surface area contributed by atoms with Gasteiger partial charge in [0, 0.05) is 13.1 Å². The van der Waals surface area contributed by atoms with E-state index in [2.05, 4.69) is 17.1 Å². The first-order valence-electron chi connectivity index (χ1n) is 6.37. The van der Waals surface area contributed by atoms with Crippen LogP contribution in [0.2, 0.25) is 0 Å². The number of carboxylic acid groups (broad SMARTS) is 1. The average molecular weight is 228 g/mol. The van der Waals surface area contributed by atoms with E-state index in [9.17, 15) is 4.79 Å². The van der Waals surface area contributed by atoms with Crippen molar-refractivity contribution >= 4 is 5.97 Å². The van der Waals surface area contributed by atoms with Crippen LogP contribution in [0.3, 0.4) is 0 Å². The number of carbonyl (C=O) groups is 1. The van der Waals surface area contributed by atoms with Crippen LogP contribution < -0.4 is 5.32 Å². The molecule has 1 saturated heterocycles. The van der Waals surface area contributed by atoms with Crippen LogP contribution in [0.4, 0.5) is 0 Å². The molecule has 1 heterocycles. The van der Waals surface area contributed by atoms with Crippen LogP contribution in [0.1, 0.15) is 32.6 Å². The predicted molar refractivity (Wildman–Crippen MR) is 64.6 cm³/mol. The lowest BCUT2D eigenvalue weighted by Gasteiger charge is -2.29. The van der Waals surface area contributed by atoms with E-state index < -0.39 is 5.97 Å². The monoisotopic (exact) mass is 228 g/mol. The van der Waals surface area contributed by atoms with Crippen molar-refractivity contribution in [3.8, 4) is 0 Å². The molecule has 0 spiro atoms. The SMILES string of the molecule is CCCN(CCC(=O)O)CC1CCCNC1. The number of hydrogen-bond donors (Lipinski definition) is 2. The second-order valence-corrected chi connectivity index (χ2v) is 4.66. The maximum absolute atomic E-state index is 10.6. The van der Waals surface area contributed by atoms with E-state index in [1.54, 1.807) is 0 Å². The number of nitrogens with zero attached hydrogens (tertiary/aromatic N) is 1. The molecule has 1 atom stereocenters. The Hall–Kier alpha value is -0.610. The fraction of sp³-hybridized carbons (Fsp3) is 0.917. The zero-order valence-corrected chi connectivity index (χ0v) is 10.2. The molecule has 0 amide bonds. The smallest absolute Gasteiger partial charge is 0.304 e. The molecule has 0 aromatic heterocycles. The van der Waals surface area contributed by atoms with Crippen molar-refractivity contribution in [2.45, 2.75) is 32.6 Å². The van der Waals surface area contributed by atoms with Crippen molar-refractivity contribution in [2.24, 2.45) is 5.92 Å². The predicted octanol–water partition coefficient (Wildman–Crippen LogP) is 1.17. The van der Waals surface area contributed by atoms with E-state index in [1.165, 1.54) is 12.8 Å². The highest BCUT2D eigenvalue weighted by molar-refractivity contribution is 5.66. The van der Waals surface area contributed by atoms with Gasteiger partial charge in [0.05, 0.1) is 6.42 Å². The molecule has 1 rings (SSSR count). The highest BCUT2D eigenvalue weighted by atomic mass is 16.4. The van der Waals surface area contributed by atoms with Crippen molar-refractivity contribution < 1.29 is 9.90 Å². The standard InChI is InChI=1S/C12H24N2O2/c1-2-7-14(8-5-12(15)16)10-11-4-3-6-13-9-11/h11,13H,2-10H2,1H3,(H,15,16). The molecule has 1 aliphatic heterocycles. The molecule has 0 aromatic carbocycles. The first-order chi connectivity index (χ1) is 7.72. The maximum Gasteiger partial charge on any atom is 0.304 e. The Labute approximate surface area is 98.0 Å². The summed E-state index contributed by atoms with van der Waals surface area (Å²) in [6.45, 7) is 7.14. The minimum Gasteiger partial charge on any atom is -0.481 e. The van der Waals surface area contributed by atoms with E-state index in [-0.39, 0.29) is 6.42 Å². The molecule has 0 aliphatic carbocycles. The Kier molecular flexibility index (Phi) is 6.42. The van der Waals surface area contributed by atoms with Gasteiger partial charge in [-0.3, -0.25) is 4.79 Å². The fourth-order valence-electron chi connectivity index (χ4n) is 2.31. The van der Waals surface area contributed by atoms with Crippen LogP contribution in [0.15, 0.2) is 0 Å². The number of aliphatic carboxylic acids is 1. The highest BCUT2D eigenvalue weighted by Crippen LogP contribution is 2.12. The topological polar surface area (TPSA) is 52.6 Å². The van der Waals surface area contributed by atoms with Gasteiger partial charge in [0.2, 0.25) is 0 Å². The van der Waals surface area contributed by atoms with E-state index in [4.69, 9.17) is 5.11 Å². The average Bonchev–Trinajstić information content (AvgIpc) is 2.27. The van der Waals surface area contributed by atoms with Gasteiger partial charge in [-0.15, -0.1) is 0 Å². The Balaban J connectivity index is 2.27. The molecule has 94 valence electrons. The minimum absolute atomic E-state index is 0.264. The van der Waals surface area contributed by atoms with Crippen LogP contribution in [-0.4, -0.2) is 48.7 Å². The maximum atomic E-state index is 10.6. The molecule has 4 nitrogen and oxygen atoms in total. The van der Waals surface area contributed by atoms with Crippen LogP contribution in [-0.2, 0) is 4.79 Å². The molecular weight excluding hydrogens is 204 g/mol. The molecule has 1 fully saturated rings. The molecule has 0 aromatic rings. The minimum atomic E-state index is -0.692. The molecule has 1 aliphatic rings. The third-order valence-electron chi connectivity index (χ3n) is 3.10. The molecule has 0 bridgehead atoms. The van der Waals surface area contributed by atoms with Gasteiger partial charge in [0.1, 0.15) is 0 Å². The van der Waals surface area contributed by atoms with Crippen LogP contribution in [0.5, 0.6) is 0 Å². The van der Waals surface area contributed by atoms with E-state index >= 15 is 0 Å². The van der Waals surface area contributed by atoms with Crippen molar-refractivity contribution in [1.29, 1.82) is 0 Å². The summed E-state index contributed by atoms with van der Waals surface area (Å²) in [6, 6.07) is 0. The third kappa shape index (κ3) is 5.47. The van der Waals surface area contributed by atoms with Crippen molar-refractivity contribution in [3.05, 3.63) is 0 Å². The summed E-state index contributed by atoms with van der Waals surface area (Å²) >= 11 is 0. The summed E-state index contributed by atoms with van der Waals surface area (Å²) in [7, 11) is 0. The van der Waals surface area contributed by atoms with Gasteiger partial charge < -0.3 is 15.3 Å². The summed E-state index contributed by atoms with van der Waals surface area (Å²) < 4.78 is 0. The largest absolute Gasteiger partial charge is 0.481 e. The summed E-state index contributed by atoms with van der Waals surface area (Å²) in [6.07, 6.45) is 3.89. The number of hydrogen-bond acceptors (Lipinski definition) is 3. The number of piperidine rings is 1. The molecule has 0 radical (unpaired) electrons. The second-order valence-electron chi connectivity index (χ2n) is 4.66. The Morgan fingerprint density at radius 3 is 2.88 bits per heavy atom. The molecular formula is C12H24N2O2. The zero-order chi connectivity index (χ0) is 11.8.